The third-order valence-electron chi connectivity index (χ3n) is 3.11. The van der Waals surface area contributed by atoms with Crippen LogP contribution in [0.2, 0.25) is 0 Å². The first kappa shape index (κ1) is 14.3. The van der Waals surface area contributed by atoms with Crippen LogP contribution in [-0.2, 0) is 0 Å². The zero-order chi connectivity index (χ0) is 14.7. The maximum absolute atomic E-state index is 13.6. The molecule has 0 aliphatic rings. The fourth-order valence-corrected chi connectivity index (χ4v) is 1.99. The average Bonchev–Trinajstić information content (AvgIpc) is 2.43. The third-order valence-corrected chi connectivity index (χ3v) is 3.11. The van der Waals surface area contributed by atoms with Crippen molar-refractivity contribution < 1.29 is 13.9 Å². The summed E-state index contributed by atoms with van der Waals surface area (Å²) in [5, 5.41) is 0. The van der Waals surface area contributed by atoms with Crippen LogP contribution < -0.4 is 4.74 Å². The van der Waals surface area contributed by atoms with Crippen molar-refractivity contribution >= 4 is 5.78 Å². The highest BCUT2D eigenvalue weighted by molar-refractivity contribution is 6.10. The van der Waals surface area contributed by atoms with Gasteiger partial charge in [-0.3, -0.25) is 4.79 Å². The Morgan fingerprint density at radius 1 is 1.15 bits per heavy atom. The SMILES string of the molecule is CCOc1ccc(C)cc1C(=O)c1ccc(C)c(F)c1. The smallest absolute Gasteiger partial charge is 0.196 e. The molecule has 0 aliphatic heterocycles. The van der Waals surface area contributed by atoms with Gasteiger partial charge in [-0.15, -0.1) is 0 Å². The molecular formula is C17H17FO2. The van der Waals surface area contributed by atoms with E-state index in [4.69, 9.17) is 4.74 Å². The first-order valence-corrected chi connectivity index (χ1v) is 6.57. The highest BCUT2D eigenvalue weighted by Crippen LogP contribution is 2.24. The summed E-state index contributed by atoms with van der Waals surface area (Å²) in [4.78, 5) is 12.5. The number of carbonyl (C=O) groups is 1. The van der Waals surface area contributed by atoms with E-state index < -0.39 is 0 Å². The van der Waals surface area contributed by atoms with Gasteiger partial charge in [0.25, 0.3) is 0 Å². The second kappa shape index (κ2) is 5.87. The lowest BCUT2D eigenvalue weighted by Crippen LogP contribution is -2.06. The largest absolute Gasteiger partial charge is 0.493 e. The van der Waals surface area contributed by atoms with Crippen LogP contribution >= 0.6 is 0 Å². The molecule has 0 saturated carbocycles. The van der Waals surface area contributed by atoms with E-state index in [0.29, 0.717) is 29.0 Å². The van der Waals surface area contributed by atoms with Crippen LogP contribution in [0.3, 0.4) is 0 Å². The highest BCUT2D eigenvalue weighted by atomic mass is 19.1. The molecule has 0 radical (unpaired) electrons. The van der Waals surface area contributed by atoms with Crippen molar-refractivity contribution in [1.29, 1.82) is 0 Å². The number of ether oxygens (including phenoxy) is 1. The number of hydrogen-bond acceptors (Lipinski definition) is 2. The minimum atomic E-state index is -0.374. The molecule has 2 rings (SSSR count). The number of ketones is 1. The summed E-state index contributed by atoms with van der Waals surface area (Å²) in [6, 6.07) is 9.95. The Morgan fingerprint density at radius 2 is 1.90 bits per heavy atom. The van der Waals surface area contributed by atoms with E-state index in [0.717, 1.165) is 5.56 Å². The van der Waals surface area contributed by atoms with Crippen molar-refractivity contribution in [2.45, 2.75) is 20.8 Å². The summed E-state index contributed by atoms with van der Waals surface area (Å²) < 4.78 is 19.1. The summed E-state index contributed by atoms with van der Waals surface area (Å²) in [6.45, 7) is 5.91. The van der Waals surface area contributed by atoms with Crippen molar-refractivity contribution in [2.75, 3.05) is 6.61 Å². The molecule has 0 unspecified atom stereocenters. The van der Waals surface area contributed by atoms with E-state index in [-0.39, 0.29) is 11.6 Å². The lowest BCUT2D eigenvalue weighted by Gasteiger charge is -2.10. The number of halogens is 1. The standard InChI is InChI=1S/C17H17FO2/c1-4-20-16-8-5-11(2)9-14(16)17(19)13-7-6-12(3)15(18)10-13/h5-10H,4H2,1-3H3. The molecule has 2 aromatic rings. The van der Waals surface area contributed by atoms with Crippen LogP contribution in [0, 0.1) is 19.7 Å². The third kappa shape index (κ3) is 2.87. The molecule has 0 saturated heterocycles. The molecule has 0 heterocycles. The van der Waals surface area contributed by atoms with Gasteiger partial charge in [-0.05, 0) is 44.5 Å². The second-order valence-corrected chi connectivity index (χ2v) is 4.73. The summed E-state index contributed by atoms with van der Waals surface area (Å²) in [7, 11) is 0. The molecule has 0 amide bonds. The molecular weight excluding hydrogens is 255 g/mol. The minimum absolute atomic E-state index is 0.226. The molecule has 0 atom stereocenters. The molecule has 0 aliphatic carbocycles. The van der Waals surface area contributed by atoms with Gasteiger partial charge in [0, 0.05) is 5.56 Å². The van der Waals surface area contributed by atoms with Crippen molar-refractivity contribution in [3.63, 3.8) is 0 Å². The van der Waals surface area contributed by atoms with Gasteiger partial charge in [0.05, 0.1) is 12.2 Å². The molecule has 0 spiro atoms. The Bertz CT molecular complexity index is 647. The first-order valence-electron chi connectivity index (χ1n) is 6.57. The van der Waals surface area contributed by atoms with Crippen molar-refractivity contribution in [3.05, 3.63) is 64.5 Å². The predicted octanol–water partition coefficient (Wildman–Crippen LogP) is 4.07. The van der Waals surface area contributed by atoms with Crippen LogP contribution in [0.4, 0.5) is 4.39 Å². The topological polar surface area (TPSA) is 26.3 Å². The first-order chi connectivity index (χ1) is 9.52. The maximum Gasteiger partial charge on any atom is 0.196 e. The zero-order valence-electron chi connectivity index (χ0n) is 11.9. The van der Waals surface area contributed by atoms with Gasteiger partial charge >= 0.3 is 0 Å². The highest BCUT2D eigenvalue weighted by Gasteiger charge is 2.16. The fourth-order valence-electron chi connectivity index (χ4n) is 1.99. The van der Waals surface area contributed by atoms with Crippen molar-refractivity contribution in [3.8, 4) is 5.75 Å². The van der Waals surface area contributed by atoms with E-state index in [1.807, 2.05) is 19.9 Å². The van der Waals surface area contributed by atoms with E-state index in [9.17, 15) is 9.18 Å². The Balaban J connectivity index is 2.46. The molecule has 0 aromatic heterocycles. The number of rotatable bonds is 4. The quantitative estimate of drug-likeness (QED) is 0.784. The molecule has 2 aromatic carbocycles. The van der Waals surface area contributed by atoms with E-state index >= 15 is 0 Å². The van der Waals surface area contributed by atoms with E-state index in [2.05, 4.69) is 0 Å². The van der Waals surface area contributed by atoms with Gasteiger partial charge in [-0.25, -0.2) is 4.39 Å². The zero-order valence-corrected chi connectivity index (χ0v) is 11.9. The fraction of sp³-hybridized carbons (Fsp3) is 0.235. The molecule has 104 valence electrons. The summed E-state index contributed by atoms with van der Waals surface area (Å²) in [6.07, 6.45) is 0. The van der Waals surface area contributed by atoms with Crippen LogP contribution in [0.1, 0.15) is 34.0 Å². The normalized spacial score (nSPS) is 10.4. The number of hydrogen-bond donors (Lipinski definition) is 0. The van der Waals surface area contributed by atoms with E-state index in [1.165, 1.54) is 6.07 Å². The second-order valence-electron chi connectivity index (χ2n) is 4.73. The van der Waals surface area contributed by atoms with Crippen LogP contribution in [0.5, 0.6) is 5.75 Å². The molecule has 0 N–H and O–H groups in total. The van der Waals surface area contributed by atoms with Gasteiger partial charge in [0.2, 0.25) is 0 Å². The summed E-state index contributed by atoms with van der Waals surface area (Å²) >= 11 is 0. The van der Waals surface area contributed by atoms with Crippen molar-refractivity contribution in [2.24, 2.45) is 0 Å². The number of carbonyl (C=O) groups excluding carboxylic acids is 1. The summed E-state index contributed by atoms with van der Waals surface area (Å²) in [5.41, 5.74) is 2.29. The predicted molar refractivity (Wildman–Crippen MR) is 76.9 cm³/mol. The van der Waals surface area contributed by atoms with Crippen LogP contribution in [0.15, 0.2) is 36.4 Å². The number of aryl methyl sites for hydroxylation is 2. The van der Waals surface area contributed by atoms with Gasteiger partial charge in [0.15, 0.2) is 5.78 Å². The minimum Gasteiger partial charge on any atom is -0.493 e. The molecule has 0 bridgehead atoms. The molecule has 20 heavy (non-hydrogen) atoms. The monoisotopic (exact) mass is 272 g/mol. The maximum atomic E-state index is 13.6. The van der Waals surface area contributed by atoms with Gasteiger partial charge < -0.3 is 4.74 Å². The Labute approximate surface area is 118 Å². The molecule has 2 nitrogen and oxygen atoms in total. The van der Waals surface area contributed by atoms with Gasteiger partial charge in [-0.1, -0.05) is 23.8 Å². The Kier molecular flexibility index (Phi) is 4.18. The van der Waals surface area contributed by atoms with Gasteiger partial charge in [-0.2, -0.15) is 0 Å². The Morgan fingerprint density at radius 3 is 2.55 bits per heavy atom. The summed E-state index contributed by atoms with van der Waals surface area (Å²) in [5.74, 6) is -0.0680. The lowest BCUT2D eigenvalue weighted by molar-refractivity contribution is 0.103. The molecule has 0 fully saturated rings. The van der Waals surface area contributed by atoms with E-state index in [1.54, 1.807) is 31.2 Å². The lowest BCUT2D eigenvalue weighted by atomic mass is 9.99. The molecule has 3 heteroatoms. The van der Waals surface area contributed by atoms with Gasteiger partial charge in [0.1, 0.15) is 11.6 Å². The van der Waals surface area contributed by atoms with Crippen LogP contribution in [0.25, 0.3) is 0 Å². The average molecular weight is 272 g/mol. The Hall–Kier alpha value is -2.16. The van der Waals surface area contributed by atoms with Crippen LogP contribution in [-0.4, -0.2) is 12.4 Å². The van der Waals surface area contributed by atoms with Crippen molar-refractivity contribution in [1.82, 2.24) is 0 Å². The number of benzene rings is 2.